The number of hydrogen-bond donors (Lipinski definition) is 2. The molecule has 0 fully saturated rings. The van der Waals surface area contributed by atoms with Crippen LogP contribution in [-0.4, -0.2) is 45.0 Å². The highest BCUT2D eigenvalue weighted by atomic mass is 79.9. The Hall–Kier alpha value is -2.30. The summed E-state index contributed by atoms with van der Waals surface area (Å²) in [6, 6.07) is 11.9. The molecule has 29 heavy (non-hydrogen) atoms. The maximum Gasteiger partial charge on any atom is 0.253 e. The molecule has 7 nitrogen and oxygen atoms in total. The lowest BCUT2D eigenvalue weighted by atomic mass is 10.1. The number of aromatic nitrogens is 3. The Bertz CT molecular complexity index is 983. The molecule has 0 spiro atoms. The van der Waals surface area contributed by atoms with Crippen LogP contribution in [0, 0.1) is 0 Å². The van der Waals surface area contributed by atoms with Gasteiger partial charge in [-0.2, -0.15) is 11.8 Å². The van der Waals surface area contributed by atoms with Crippen LogP contribution in [0.3, 0.4) is 0 Å². The van der Waals surface area contributed by atoms with Crippen LogP contribution >= 0.6 is 39.0 Å². The van der Waals surface area contributed by atoms with Crippen LogP contribution in [0.4, 0.5) is 5.13 Å². The summed E-state index contributed by atoms with van der Waals surface area (Å²) in [5.41, 5.74) is 1.16. The van der Waals surface area contributed by atoms with Crippen molar-refractivity contribution in [1.82, 2.24) is 20.5 Å². The smallest absolute Gasteiger partial charge is 0.253 e. The van der Waals surface area contributed by atoms with E-state index in [0.717, 1.165) is 5.75 Å². The molecule has 150 valence electrons. The van der Waals surface area contributed by atoms with Gasteiger partial charge in [0.1, 0.15) is 11.7 Å². The molecule has 0 bridgehead atoms. The number of carbonyl (C=O) groups excluding carboxylic acids is 2. The molecule has 2 N–H and O–H groups in total. The average Bonchev–Trinajstić information content (AvgIpc) is 3.20. The molecular formula is C19H18BrN5O2S2. The van der Waals surface area contributed by atoms with Crippen molar-refractivity contribution >= 4 is 56.0 Å². The molecule has 0 saturated heterocycles. The van der Waals surface area contributed by atoms with Crippen molar-refractivity contribution in [2.24, 2.45) is 0 Å². The summed E-state index contributed by atoms with van der Waals surface area (Å²) in [4.78, 5) is 29.6. The van der Waals surface area contributed by atoms with Gasteiger partial charge in [0.25, 0.3) is 5.91 Å². The van der Waals surface area contributed by atoms with E-state index in [0.29, 0.717) is 32.3 Å². The first kappa shape index (κ1) is 21.4. The number of amides is 2. The molecule has 0 aliphatic rings. The molecular weight excluding hydrogens is 474 g/mol. The van der Waals surface area contributed by atoms with Crippen LogP contribution < -0.4 is 10.6 Å². The molecule has 1 unspecified atom stereocenters. The van der Waals surface area contributed by atoms with Crippen molar-refractivity contribution in [1.29, 1.82) is 0 Å². The van der Waals surface area contributed by atoms with Crippen molar-refractivity contribution < 1.29 is 9.59 Å². The lowest BCUT2D eigenvalue weighted by Gasteiger charge is -2.17. The van der Waals surface area contributed by atoms with E-state index < -0.39 is 6.04 Å². The summed E-state index contributed by atoms with van der Waals surface area (Å²) in [6.07, 6.45) is 4.12. The van der Waals surface area contributed by atoms with Crippen LogP contribution in [0.25, 0.3) is 10.7 Å². The standard InChI is InChI=1S/C19H18BrN5O2S2/c1-28-11-9-14(22-16(26)12-6-2-3-7-13(12)20)17(27)23-19-25-24-18(29-19)15-8-4-5-10-21-15/h2-8,10,14H,9,11H2,1H3,(H,22,26)(H,23,25,27). The van der Waals surface area contributed by atoms with E-state index in [1.807, 2.05) is 30.5 Å². The largest absolute Gasteiger partial charge is 0.340 e. The van der Waals surface area contributed by atoms with Gasteiger partial charge in [-0.05, 0) is 58.6 Å². The minimum Gasteiger partial charge on any atom is -0.340 e. The van der Waals surface area contributed by atoms with E-state index in [1.54, 1.807) is 36.2 Å². The summed E-state index contributed by atoms with van der Waals surface area (Å²) in [5, 5.41) is 14.6. The monoisotopic (exact) mass is 491 g/mol. The summed E-state index contributed by atoms with van der Waals surface area (Å²) >= 11 is 6.21. The first-order valence-electron chi connectivity index (χ1n) is 8.68. The second-order valence-electron chi connectivity index (χ2n) is 5.90. The zero-order chi connectivity index (χ0) is 20.6. The number of pyridine rings is 1. The highest BCUT2D eigenvalue weighted by molar-refractivity contribution is 9.10. The van der Waals surface area contributed by atoms with Gasteiger partial charge in [0.2, 0.25) is 11.0 Å². The zero-order valence-electron chi connectivity index (χ0n) is 15.5. The number of rotatable bonds is 8. The minimum atomic E-state index is -0.691. The van der Waals surface area contributed by atoms with Crippen LogP contribution in [0.15, 0.2) is 53.1 Å². The summed E-state index contributed by atoms with van der Waals surface area (Å²) < 4.78 is 0.672. The summed E-state index contributed by atoms with van der Waals surface area (Å²) in [6.45, 7) is 0. The molecule has 1 atom stereocenters. The second-order valence-corrected chi connectivity index (χ2v) is 8.72. The first-order chi connectivity index (χ1) is 14.1. The molecule has 2 aromatic heterocycles. The minimum absolute atomic E-state index is 0.315. The molecule has 10 heteroatoms. The molecule has 0 aliphatic heterocycles. The number of halogens is 1. The number of benzene rings is 1. The summed E-state index contributed by atoms with van der Waals surface area (Å²) in [5.74, 6) is 0.0808. The van der Waals surface area contributed by atoms with E-state index in [2.05, 4.69) is 41.7 Å². The van der Waals surface area contributed by atoms with Crippen molar-refractivity contribution in [2.45, 2.75) is 12.5 Å². The normalized spacial score (nSPS) is 11.7. The van der Waals surface area contributed by atoms with Gasteiger partial charge in [-0.25, -0.2) is 0 Å². The maximum atomic E-state index is 12.8. The first-order valence-corrected chi connectivity index (χ1v) is 11.7. The maximum absolute atomic E-state index is 12.8. The third-order valence-electron chi connectivity index (χ3n) is 3.89. The van der Waals surface area contributed by atoms with Crippen molar-refractivity contribution in [3.05, 3.63) is 58.7 Å². The molecule has 0 saturated carbocycles. The fourth-order valence-corrected chi connectivity index (χ4v) is 4.10. The van der Waals surface area contributed by atoms with Crippen LogP contribution in [-0.2, 0) is 4.79 Å². The van der Waals surface area contributed by atoms with Crippen molar-refractivity contribution in [3.8, 4) is 10.7 Å². The number of hydrogen-bond acceptors (Lipinski definition) is 7. The predicted octanol–water partition coefficient (Wildman–Crippen LogP) is 3.85. The molecule has 3 aromatic rings. The predicted molar refractivity (Wildman–Crippen MR) is 120 cm³/mol. The van der Waals surface area contributed by atoms with E-state index in [9.17, 15) is 9.59 Å². The lowest BCUT2D eigenvalue weighted by molar-refractivity contribution is -0.118. The van der Waals surface area contributed by atoms with Gasteiger partial charge in [-0.1, -0.05) is 29.5 Å². The van der Waals surface area contributed by atoms with Crippen molar-refractivity contribution in [3.63, 3.8) is 0 Å². The van der Waals surface area contributed by atoms with Gasteiger partial charge in [0.05, 0.1) is 5.56 Å². The molecule has 3 rings (SSSR count). The molecule has 2 amide bonds. The van der Waals surface area contributed by atoms with Crippen molar-refractivity contribution in [2.75, 3.05) is 17.3 Å². The van der Waals surface area contributed by atoms with Gasteiger partial charge < -0.3 is 5.32 Å². The number of carbonyl (C=O) groups is 2. The topological polar surface area (TPSA) is 96.9 Å². The third kappa shape index (κ3) is 5.84. The molecule has 2 heterocycles. The Balaban J connectivity index is 1.70. The van der Waals surface area contributed by atoms with Crippen LogP contribution in [0.5, 0.6) is 0 Å². The lowest BCUT2D eigenvalue weighted by Crippen LogP contribution is -2.44. The highest BCUT2D eigenvalue weighted by Gasteiger charge is 2.23. The SMILES string of the molecule is CSCCC(NC(=O)c1ccccc1Br)C(=O)Nc1nnc(-c2ccccn2)s1. The van der Waals surface area contributed by atoms with Gasteiger partial charge in [0.15, 0.2) is 5.01 Å². The Morgan fingerprint density at radius 3 is 2.69 bits per heavy atom. The molecule has 0 aliphatic carbocycles. The van der Waals surface area contributed by atoms with E-state index in [-0.39, 0.29) is 11.8 Å². The number of anilines is 1. The fraction of sp³-hybridized carbons (Fsp3) is 0.211. The average molecular weight is 492 g/mol. The molecule has 0 radical (unpaired) electrons. The van der Waals surface area contributed by atoms with Gasteiger partial charge in [-0.3, -0.25) is 19.9 Å². The van der Waals surface area contributed by atoms with E-state index in [4.69, 9.17) is 0 Å². The third-order valence-corrected chi connectivity index (χ3v) is 6.09. The van der Waals surface area contributed by atoms with Gasteiger partial charge in [-0.15, -0.1) is 10.2 Å². The number of thioether (sulfide) groups is 1. The van der Waals surface area contributed by atoms with Gasteiger partial charge >= 0.3 is 0 Å². The van der Waals surface area contributed by atoms with Crippen LogP contribution in [0.2, 0.25) is 0 Å². The Morgan fingerprint density at radius 1 is 1.17 bits per heavy atom. The quantitative estimate of drug-likeness (QED) is 0.496. The Labute approximate surface area is 184 Å². The number of nitrogens with one attached hydrogen (secondary N) is 2. The fourth-order valence-electron chi connectivity index (χ4n) is 2.44. The Morgan fingerprint density at radius 2 is 1.97 bits per heavy atom. The van der Waals surface area contributed by atoms with Crippen LogP contribution in [0.1, 0.15) is 16.8 Å². The van der Waals surface area contributed by atoms with E-state index in [1.165, 1.54) is 11.3 Å². The summed E-state index contributed by atoms with van der Waals surface area (Å²) in [7, 11) is 0. The van der Waals surface area contributed by atoms with E-state index >= 15 is 0 Å². The Kier molecular flexibility index (Phi) is 7.73. The highest BCUT2D eigenvalue weighted by Crippen LogP contribution is 2.24. The molecule has 1 aromatic carbocycles. The number of nitrogens with zero attached hydrogens (tertiary/aromatic N) is 3. The van der Waals surface area contributed by atoms with Gasteiger partial charge in [0, 0.05) is 10.7 Å². The zero-order valence-corrected chi connectivity index (χ0v) is 18.7. The second kappa shape index (κ2) is 10.5.